The van der Waals surface area contributed by atoms with Crippen LogP contribution in [-0.2, 0) is 14.4 Å². The molecule has 2 aliphatic rings. The van der Waals surface area contributed by atoms with Crippen LogP contribution in [-0.4, -0.2) is 47.8 Å². The van der Waals surface area contributed by atoms with Gasteiger partial charge in [-0.3, -0.25) is 19.7 Å². The molecular weight excluding hydrogens is 404 g/mol. The lowest BCUT2D eigenvalue weighted by atomic mass is 9.80. The van der Waals surface area contributed by atoms with E-state index in [0.717, 1.165) is 4.90 Å². The predicted octanol–water partition coefficient (Wildman–Crippen LogP) is 1.70. The molecule has 2 aliphatic heterocycles. The van der Waals surface area contributed by atoms with Crippen molar-refractivity contribution in [3.05, 3.63) is 48.0 Å². The first kappa shape index (κ1) is 20.7. The number of amides is 2. The van der Waals surface area contributed by atoms with E-state index in [-0.39, 0.29) is 17.1 Å². The van der Waals surface area contributed by atoms with Crippen molar-refractivity contribution in [3.63, 3.8) is 0 Å². The summed E-state index contributed by atoms with van der Waals surface area (Å²) in [6.07, 6.45) is 0. The molecule has 2 aromatic carbocycles. The van der Waals surface area contributed by atoms with Crippen molar-refractivity contribution in [1.82, 2.24) is 5.32 Å². The maximum absolute atomic E-state index is 13.4. The third-order valence-corrected chi connectivity index (χ3v) is 6.15. The second kappa shape index (κ2) is 7.28. The maximum atomic E-state index is 13.4. The zero-order chi connectivity index (χ0) is 22.5. The van der Waals surface area contributed by atoms with Gasteiger partial charge in [0, 0.05) is 11.6 Å². The smallest absolute Gasteiger partial charge is 0.324 e. The first-order valence-electron chi connectivity index (χ1n) is 9.63. The number of phenolic OH excluding ortho intramolecular Hbond substituents is 1. The van der Waals surface area contributed by atoms with Gasteiger partial charge in [0.05, 0.1) is 31.7 Å². The standard InChI is InChI=1S/C22H22N2O7/c1-22(21(28)29)16-15(17(23-22)13-5-4-6-14(31-3)18(13)25)19(26)24(20(16)27)11-7-9-12(30-2)10-8-11/h4-10,15-17,23,25H,1-3H3,(H,28,29)/t15-,16-,17-,22+/m0/s1. The minimum absolute atomic E-state index is 0.184. The molecule has 0 spiro atoms. The number of hydrogen-bond acceptors (Lipinski definition) is 7. The van der Waals surface area contributed by atoms with Crippen molar-refractivity contribution in [2.45, 2.75) is 18.5 Å². The van der Waals surface area contributed by atoms with Gasteiger partial charge in [0.25, 0.3) is 0 Å². The van der Waals surface area contributed by atoms with Crippen LogP contribution in [0.25, 0.3) is 0 Å². The number of hydrogen-bond donors (Lipinski definition) is 3. The van der Waals surface area contributed by atoms with Gasteiger partial charge in [0.15, 0.2) is 11.5 Å². The molecular formula is C22H22N2O7. The number of aromatic hydroxyl groups is 1. The molecule has 4 atom stereocenters. The van der Waals surface area contributed by atoms with Gasteiger partial charge in [-0.05, 0) is 37.3 Å². The average Bonchev–Trinajstić information content (AvgIpc) is 3.22. The zero-order valence-electron chi connectivity index (χ0n) is 17.2. The van der Waals surface area contributed by atoms with Gasteiger partial charge in [0.1, 0.15) is 11.3 Å². The molecule has 3 N–H and O–H groups in total. The lowest BCUT2D eigenvalue weighted by Crippen LogP contribution is -2.53. The van der Waals surface area contributed by atoms with E-state index in [9.17, 15) is 24.6 Å². The number of carbonyl (C=O) groups is 3. The molecule has 4 rings (SSSR count). The summed E-state index contributed by atoms with van der Waals surface area (Å²) in [5, 5.41) is 23.5. The Morgan fingerprint density at radius 3 is 2.32 bits per heavy atom. The number of anilines is 1. The van der Waals surface area contributed by atoms with Crippen LogP contribution in [0, 0.1) is 11.8 Å². The van der Waals surface area contributed by atoms with Crippen molar-refractivity contribution in [2.75, 3.05) is 19.1 Å². The lowest BCUT2D eigenvalue weighted by Gasteiger charge is -2.27. The number of rotatable bonds is 5. The number of carboxylic acid groups (broad SMARTS) is 1. The van der Waals surface area contributed by atoms with Crippen molar-refractivity contribution in [1.29, 1.82) is 0 Å². The minimum atomic E-state index is -1.71. The van der Waals surface area contributed by atoms with Crippen molar-refractivity contribution >= 4 is 23.5 Å². The number of nitrogens with one attached hydrogen (secondary N) is 1. The number of methoxy groups -OCH3 is 2. The van der Waals surface area contributed by atoms with Gasteiger partial charge >= 0.3 is 5.97 Å². The molecule has 0 aliphatic carbocycles. The van der Waals surface area contributed by atoms with E-state index in [1.165, 1.54) is 21.1 Å². The Hall–Kier alpha value is -3.59. The molecule has 2 amide bonds. The predicted molar refractivity (Wildman–Crippen MR) is 109 cm³/mol. The fourth-order valence-electron chi connectivity index (χ4n) is 4.54. The molecule has 162 valence electrons. The van der Waals surface area contributed by atoms with Crippen LogP contribution in [0.2, 0.25) is 0 Å². The molecule has 2 aromatic rings. The SMILES string of the molecule is COc1ccc(N2C(=O)[C@H]3[C@@H](C2=O)[C@](C)(C(=O)O)N[C@H]3c2cccc(OC)c2O)cc1. The number of carbonyl (C=O) groups excluding carboxylic acids is 2. The van der Waals surface area contributed by atoms with E-state index in [2.05, 4.69) is 5.32 Å². The van der Waals surface area contributed by atoms with Gasteiger partial charge < -0.3 is 19.7 Å². The van der Waals surface area contributed by atoms with Crippen molar-refractivity contribution in [3.8, 4) is 17.2 Å². The van der Waals surface area contributed by atoms with E-state index in [4.69, 9.17) is 9.47 Å². The maximum Gasteiger partial charge on any atom is 0.324 e. The highest BCUT2D eigenvalue weighted by Crippen LogP contribution is 2.51. The van der Waals surface area contributed by atoms with Crippen LogP contribution in [0.4, 0.5) is 5.69 Å². The van der Waals surface area contributed by atoms with E-state index in [1.807, 2.05) is 0 Å². The summed E-state index contributed by atoms with van der Waals surface area (Å²) >= 11 is 0. The molecule has 31 heavy (non-hydrogen) atoms. The van der Waals surface area contributed by atoms with E-state index < -0.39 is 41.2 Å². The van der Waals surface area contributed by atoms with Crippen LogP contribution < -0.4 is 19.7 Å². The van der Waals surface area contributed by atoms with Gasteiger partial charge in [-0.25, -0.2) is 4.90 Å². The monoisotopic (exact) mass is 426 g/mol. The Morgan fingerprint density at radius 1 is 1.06 bits per heavy atom. The fourth-order valence-corrected chi connectivity index (χ4v) is 4.54. The zero-order valence-corrected chi connectivity index (χ0v) is 17.2. The minimum Gasteiger partial charge on any atom is -0.504 e. The Bertz CT molecular complexity index is 1070. The molecule has 0 saturated carbocycles. The summed E-state index contributed by atoms with van der Waals surface area (Å²) in [6, 6.07) is 10.2. The number of carboxylic acids is 1. The van der Waals surface area contributed by atoms with Crippen LogP contribution >= 0.6 is 0 Å². The van der Waals surface area contributed by atoms with Gasteiger partial charge in [-0.15, -0.1) is 0 Å². The molecule has 0 bridgehead atoms. The summed E-state index contributed by atoms with van der Waals surface area (Å²) < 4.78 is 10.3. The average molecular weight is 426 g/mol. The highest BCUT2D eigenvalue weighted by atomic mass is 16.5. The lowest BCUT2D eigenvalue weighted by molar-refractivity contribution is -0.147. The summed E-state index contributed by atoms with van der Waals surface area (Å²) in [4.78, 5) is 40.0. The van der Waals surface area contributed by atoms with Crippen molar-refractivity contribution in [2.24, 2.45) is 11.8 Å². The summed E-state index contributed by atoms with van der Waals surface area (Å²) in [5.74, 6) is -4.05. The first-order chi connectivity index (χ1) is 14.7. The number of phenols is 1. The van der Waals surface area contributed by atoms with E-state index in [0.29, 0.717) is 11.4 Å². The molecule has 0 aromatic heterocycles. The topological polar surface area (TPSA) is 125 Å². The first-order valence-corrected chi connectivity index (χ1v) is 9.63. The molecule has 2 saturated heterocycles. The molecule has 0 radical (unpaired) electrons. The second-order valence-electron chi connectivity index (χ2n) is 7.74. The highest BCUT2D eigenvalue weighted by Gasteiger charge is 2.67. The number of fused-ring (bicyclic) bond motifs is 1. The summed E-state index contributed by atoms with van der Waals surface area (Å²) in [7, 11) is 2.89. The van der Waals surface area contributed by atoms with Gasteiger partial charge in [-0.2, -0.15) is 0 Å². The third-order valence-electron chi connectivity index (χ3n) is 6.15. The quantitative estimate of drug-likeness (QED) is 0.617. The van der Waals surface area contributed by atoms with Crippen molar-refractivity contribution < 1.29 is 34.1 Å². The van der Waals surface area contributed by atoms with E-state index >= 15 is 0 Å². The molecule has 0 unspecified atom stereocenters. The number of ether oxygens (including phenoxy) is 2. The van der Waals surface area contributed by atoms with Gasteiger partial charge in [-0.1, -0.05) is 12.1 Å². The van der Waals surface area contributed by atoms with Crippen LogP contribution in [0.5, 0.6) is 17.2 Å². The Balaban J connectivity index is 1.82. The normalized spacial score (nSPS) is 27.3. The molecule has 9 heteroatoms. The number of aliphatic carboxylic acids is 1. The van der Waals surface area contributed by atoms with E-state index in [1.54, 1.807) is 42.5 Å². The largest absolute Gasteiger partial charge is 0.504 e. The number of para-hydroxylation sites is 1. The number of imide groups is 1. The van der Waals surface area contributed by atoms with Gasteiger partial charge in [0.2, 0.25) is 11.8 Å². The molecule has 2 heterocycles. The summed E-state index contributed by atoms with van der Waals surface area (Å²) in [6.45, 7) is 1.38. The number of nitrogens with zero attached hydrogens (tertiary/aromatic N) is 1. The molecule has 2 fully saturated rings. The van der Waals surface area contributed by atoms with Crippen LogP contribution in [0.3, 0.4) is 0 Å². The Morgan fingerprint density at radius 2 is 1.74 bits per heavy atom. The number of benzene rings is 2. The Labute approximate surface area is 178 Å². The highest BCUT2D eigenvalue weighted by molar-refractivity contribution is 6.24. The third kappa shape index (κ3) is 2.92. The van der Waals surface area contributed by atoms with Crippen LogP contribution in [0.1, 0.15) is 18.5 Å². The summed E-state index contributed by atoms with van der Waals surface area (Å²) in [5.41, 5.74) is -1.10. The fraction of sp³-hybridized carbons (Fsp3) is 0.318. The van der Waals surface area contributed by atoms with Crippen LogP contribution in [0.15, 0.2) is 42.5 Å². The second-order valence-corrected chi connectivity index (χ2v) is 7.74. The molecule has 9 nitrogen and oxygen atoms in total. The Kier molecular flexibility index (Phi) is 4.85.